The fourth-order valence-corrected chi connectivity index (χ4v) is 9.03. The fraction of sp³-hybridized carbons (Fsp3) is 0.660. The summed E-state index contributed by atoms with van der Waals surface area (Å²) in [6.45, 7) is 15.9. The average Bonchev–Trinajstić information content (AvgIpc) is 3.37. The third kappa shape index (κ3) is 24.0. The van der Waals surface area contributed by atoms with E-state index in [1.54, 1.807) is 39.4 Å². The number of ether oxygens (including phenoxy) is 5. The molecule has 8 N–H and O–H groups in total. The van der Waals surface area contributed by atoms with Crippen molar-refractivity contribution in [2.75, 3.05) is 145 Å². The van der Waals surface area contributed by atoms with Crippen LogP contribution in [0.25, 0.3) is 0 Å². The predicted molar refractivity (Wildman–Crippen MR) is 290 cm³/mol. The third-order valence-corrected chi connectivity index (χ3v) is 13.0. The van der Waals surface area contributed by atoms with Gasteiger partial charge in [-0.2, -0.15) is 0 Å². The van der Waals surface area contributed by atoms with Gasteiger partial charge in [0.15, 0.2) is 0 Å². The summed E-state index contributed by atoms with van der Waals surface area (Å²) in [7, 11) is 6.39. The molecule has 27 heteroatoms. The first-order valence-electron chi connectivity index (χ1n) is 24.3. The number of hydrogen-bond donors (Lipinski definition) is 6. The molecule has 420 valence electrons. The lowest BCUT2D eigenvalue weighted by molar-refractivity contribution is -0.0785. The van der Waals surface area contributed by atoms with Crippen molar-refractivity contribution in [1.82, 2.24) is 41.2 Å². The Bertz CT molecular complexity index is 2040. The molecule has 0 radical (unpaired) electrons. The highest BCUT2D eigenvalue weighted by atomic mass is 35.6. The van der Waals surface area contributed by atoms with Crippen LogP contribution in [0.5, 0.6) is 11.5 Å². The number of nitrogens with zero attached hydrogens (tertiary/aromatic N) is 4. The van der Waals surface area contributed by atoms with Gasteiger partial charge < -0.3 is 60.8 Å². The summed E-state index contributed by atoms with van der Waals surface area (Å²) < 4.78 is 24.7. The third-order valence-electron chi connectivity index (χ3n) is 12.0. The topological polar surface area (TPSA) is 246 Å². The molecule has 4 heterocycles. The zero-order valence-electron chi connectivity index (χ0n) is 43.0. The van der Waals surface area contributed by atoms with Crippen molar-refractivity contribution in [2.45, 2.75) is 55.7 Å². The van der Waals surface area contributed by atoms with Gasteiger partial charge in [-0.1, -0.05) is 23.2 Å². The summed E-state index contributed by atoms with van der Waals surface area (Å²) in [4.78, 5) is 63.4. The molecule has 0 bridgehead atoms. The van der Waals surface area contributed by atoms with Gasteiger partial charge in [-0.25, -0.2) is 20.1 Å². The zero-order chi connectivity index (χ0) is 54.8. The number of piperidine rings is 2. The number of nitrogens with one attached hydrogen (secondary N) is 4. The van der Waals surface area contributed by atoms with Crippen LogP contribution in [0.15, 0.2) is 24.3 Å². The molecular formula is C47H74Cl6N10O11. The van der Waals surface area contributed by atoms with Crippen LogP contribution in [0.4, 0.5) is 21.0 Å². The Kier molecular flexibility index (Phi) is 30.3. The van der Waals surface area contributed by atoms with Crippen molar-refractivity contribution in [3.8, 4) is 11.5 Å². The highest BCUT2D eigenvalue weighted by Gasteiger charge is 2.30. The van der Waals surface area contributed by atoms with Gasteiger partial charge in [0.1, 0.15) is 11.5 Å². The highest BCUT2D eigenvalue weighted by Crippen LogP contribution is 2.31. The Hall–Kier alpha value is -3.26. The van der Waals surface area contributed by atoms with Gasteiger partial charge in [0.25, 0.3) is 11.8 Å². The quantitative estimate of drug-likeness (QED) is 0.0468. The van der Waals surface area contributed by atoms with E-state index in [-0.39, 0.29) is 30.1 Å². The second kappa shape index (κ2) is 34.5. The molecule has 4 fully saturated rings. The van der Waals surface area contributed by atoms with Gasteiger partial charge in [-0.15, -0.1) is 0 Å². The molecule has 2 unspecified atom stereocenters. The Morgan fingerprint density at radius 3 is 1.55 bits per heavy atom. The van der Waals surface area contributed by atoms with Gasteiger partial charge in [0, 0.05) is 103 Å². The minimum Gasteiger partial charge on any atom is -0.493 e. The number of morpholine rings is 2. The van der Waals surface area contributed by atoms with Gasteiger partial charge in [0.05, 0.1) is 85.4 Å². The zero-order valence-corrected chi connectivity index (χ0v) is 47.5. The molecule has 4 aliphatic rings. The largest absolute Gasteiger partial charge is 0.493 e. The number of alkyl halides is 3. The maximum atomic E-state index is 12.8. The molecule has 2 aromatic carbocycles. The number of likely N-dealkylation sites (tertiary alicyclic amines) is 1. The highest BCUT2D eigenvalue weighted by molar-refractivity contribution is 6.69. The number of nitrogens with two attached hydrogens (primary N) is 2. The van der Waals surface area contributed by atoms with Crippen LogP contribution in [-0.4, -0.2) is 193 Å². The first kappa shape index (κ1) is 65.0. The number of amides is 4. The number of carbonyl (C=O) groups is 4. The smallest absolute Gasteiger partial charge is 0.407 e. The van der Waals surface area contributed by atoms with Gasteiger partial charge >= 0.3 is 15.4 Å². The van der Waals surface area contributed by atoms with E-state index >= 15 is 0 Å². The molecule has 4 saturated heterocycles. The lowest BCUT2D eigenvalue weighted by Crippen LogP contribution is -2.50. The first-order chi connectivity index (χ1) is 35.2. The van der Waals surface area contributed by atoms with Crippen molar-refractivity contribution in [1.29, 1.82) is 0 Å². The molecule has 2 aromatic rings. The number of hydroxylamine groups is 3. The van der Waals surface area contributed by atoms with Crippen molar-refractivity contribution < 1.29 is 52.5 Å². The molecule has 0 aliphatic carbocycles. The van der Waals surface area contributed by atoms with Crippen LogP contribution in [0, 0.1) is 11.8 Å². The molecular weight excluding hydrogens is 1090 g/mol. The number of urea groups is 1. The Morgan fingerprint density at radius 2 is 1.19 bits per heavy atom. The lowest BCUT2D eigenvalue weighted by Gasteiger charge is -2.38. The van der Waals surface area contributed by atoms with Crippen molar-refractivity contribution >= 4 is 104 Å². The minimum atomic E-state index is -2.04. The molecule has 21 nitrogen and oxygen atoms in total. The van der Waals surface area contributed by atoms with E-state index in [0.717, 1.165) is 84.2 Å². The van der Waals surface area contributed by atoms with E-state index in [1.807, 2.05) is 18.7 Å². The summed E-state index contributed by atoms with van der Waals surface area (Å²) in [5, 5.41) is 11.2. The van der Waals surface area contributed by atoms with E-state index in [9.17, 15) is 19.2 Å². The standard InChI is InChI=1S/C23H36ClN5O5.C20H31ClN4O3.C2Cl4O2.C2H7NO/c1-4-33-21-12-20(25)19(24)11-18(21)22(30)26-13-17-15-28(9-10-34-17)14-16-5-7-29(8-6-16)23(31)27(2)32-3;1-2-27-19-10-18(22)17(21)9-16(19)20(26)24-11-15-13-25(7-8-28-15)12-14-3-5-23-6-4-14;3-1(7)8-2(4,5)6;1-3-4-2/h11-12,16-17H,4-10,13-15,25H2,1-3H3,(H,26,30);9-10,14-15,23H,2-8,11-13,22H2,1H3,(H,24,26);;3H,1-2H3. The van der Waals surface area contributed by atoms with Gasteiger partial charge in [-0.05, 0) is 111 Å². The molecule has 2 atom stereocenters. The van der Waals surface area contributed by atoms with Gasteiger partial charge in [0.2, 0.25) is 0 Å². The van der Waals surface area contributed by atoms with Crippen molar-refractivity contribution in [3.05, 3.63) is 45.4 Å². The molecule has 4 amide bonds. The molecule has 0 saturated carbocycles. The minimum absolute atomic E-state index is 0.0146. The molecule has 6 rings (SSSR count). The first-order valence-corrected chi connectivity index (χ1v) is 26.6. The number of nitrogen functional groups attached to an aromatic ring is 2. The van der Waals surface area contributed by atoms with Crippen LogP contribution in [0.2, 0.25) is 10.0 Å². The van der Waals surface area contributed by atoms with Crippen LogP contribution in [-0.2, 0) is 23.9 Å². The van der Waals surface area contributed by atoms with Crippen molar-refractivity contribution in [2.24, 2.45) is 11.8 Å². The molecule has 0 aromatic heterocycles. The molecule has 4 aliphatic heterocycles. The Labute approximate surface area is 464 Å². The number of rotatable bonds is 16. The van der Waals surface area contributed by atoms with Crippen molar-refractivity contribution in [3.63, 3.8) is 0 Å². The average molecular weight is 1170 g/mol. The van der Waals surface area contributed by atoms with E-state index < -0.39 is 9.41 Å². The molecule has 0 spiro atoms. The van der Waals surface area contributed by atoms with E-state index in [2.05, 4.69) is 52.4 Å². The van der Waals surface area contributed by atoms with Crippen LogP contribution < -0.4 is 42.4 Å². The van der Waals surface area contributed by atoms with Crippen LogP contribution in [0.1, 0.15) is 60.2 Å². The summed E-state index contributed by atoms with van der Waals surface area (Å²) in [5.41, 5.74) is 14.5. The second-order valence-electron chi connectivity index (χ2n) is 17.3. The fourth-order valence-electron chi connectivity index (χ4n) is 8.26. The van der Waals surface area contributed by atoms with E-state index in [1.165, 1.54) is 31.1 Å². The summed E-state index contributed by atoms with van der Waals surface area (Å²) in [6.07, 6.45) is 4.27. The Morgan fingerprint density at radius 1 is 0.757 bits per heavy atom. The van der Waals surface area contributed by atoms with Gasteiger partial charge in [-0.3, -0.25) is 24.2 Å². The lowest BCUT2D eigenvalue weighted by atomic mass is 9.96. The predicted octanol–water partition coefficient (Wildman–Crippen LogP) is 6.28. The number of hydrogen-bond acceptors (Lipinski definition) is 17. The summed E-state index contributed by atoms with van der Waals surface area (Å²) in [6, 6.07) is 6.16. The molecule has 74 heavy (non-hydrogen) atoms. The summed E-state index contributed by atoms with van der Waals surface area (Å²) >= 11 is 31.7. The number of halogens is 6. The van der Waals surface area contributed by atoms with Crippen LogP contribution in [0.3, 0.4) is 0 Å². The van der Waals surface area contributed by atoms with E-state index in [0.29, 0.717) is 89.5 Å². The SMILES string of the molecule is CCOc1cc(N)c(Cl)cc1C(=O)NCC1CN(CC2CCN(C(=O)N(C)OC)CC2)CCO1.CCOc1cc(N)c(Cl)cc1C(=O)NCC1CN(CC2CCNCC2)CCO1.CNOC.O=C(Cl)OC(Cl)(Cl)Cl. The normalized spacial score (nSPS) is 18.7. The number of carbonyl (C=O) groups excluding carboxylic acids is 4. The number of benzene rings is 2. The maximum absolute atomic E-state index is 12.8. The summed E-state index contributed by atoms with van der Waals surface area (Å²) in [5.74, 6) is 1.62. The van der Waals surface area contributed by atoms with Crippen LogP contribution >= 0.6 is 69.6 Å². The Balaban J connectivity index is 0.000000323. The maximum Gasteiger partial charge on any atom is 0.407 e. The number of anilines is 2. The monoisotopic (exact) mass is 1160 g/mol. The second-order valence-corrected chi connectivity index (χ2v) is 20.6. The van der Waals surface area contributed by atoms with E-state index in [4.69, 9.17) is 93.3 Å².